The van der Waals surface area contributed by atoms with Crippen molar-refractivity contribution >= 4 is 15.9 Å². The zero-order chi connectivity index (χ0) is 23.0. The minimum Gasteiger partial charge on any atom is -0.331 e. The molecule has 2 aromatic rings. The van der Waals surface area contributed by atoms with Crippen molar-refractivity contribution in [2.45, 2.75) is 38.3 Å². The van der Waals surface area contributed by atoms with Gasteiger partial charge in [0.2, 0.25) is 15.9 Å². The highest BCUT2D eigenvalue weighted by molar-refractivity contribution is 7.88. The second kappa shape index (κ2) is 8.63. The number of hydrogen-bond acceptors (Lipinski definition) is 3. The van der Waals surface area contributed by atoms with Gasteiger partial charge in [-0.15, -0.1) is 0 Å². The lowest BCUT2D eigenvalue weighted by Gasteiger charge is -2.29. The summed E-state index contributed by atoms with van der Waals surface area (Å²) < 4.78 is 68.8. The number of nitrogens with zero attached hydrogens (tertiary/aromatic N) is 1. The molecule has 9 heteroatoms. The summed E-state index contributed by atoms with van der Waals surface area (Å²) >= 11 is 0. The Morgan fingerprint density at radius 2 is 1.77 bits per heavy atom. The number of carbonyl (C=O) groups is 1. The van der Waals surface area contributed by atoms with Crippen LogP contribution in [0.25, 0.3) is 11.1 Å². The first kappa shape index (κ1) is 23.3. The van der Waals surface area contributed by atoms with E-state index in [0.29, 0.717) is 16.7 Å². The van der Waals surface area contributed by atoms with Gasteiger partial charge in [0, 0.05) is 5.92 Å². The second-order valence-electron chi connectivity index (χ2n) is 8.23. The summed E-state index contributed by atoms with van der Waals surface area (Å²) in [5.41, 5.74) is 1.95. The maximum Gasteiger partial charge on any atom is 0.283 e. The van der Waals surface area contributed by atoms with Crippen LogP contribution in [0.1, 0.15) is 19.4 Å². The molecule has 1 aliphatic rings. The quantitative estimate of drug-likeness (QED) is 0.727. The third kappa shape index (κ3) is 5.46. The van der Waals surface area contributed by atoms with E-state index in [1.165, 1.54) is 12.1 Å². The molecule has 0 unspecified atom stereocenters. The molecule has 0 spiro atoms. The van der Waals surface area contributed by atoms with E-state index < -0.39 is 52.2 Å². The fraction of sp³-hybridized carbons (Fsp3) is 0.409. The predicted octanol–water partition coefficient (Wildman–Crippen LogP) is 3.46. The van der Waals surface area contributed by atoms with Crippen molar-refractivity contribution < 1.29 is 26.4 Å². The van der Waals surface area contributed by atoms with Gasteiger partial charge < -0.3 is 4.90 Å². The van der Waals surface area contributed by atoms with E-state index in [4.69, 9.17) is 0 Å². The van der Waals surface area contributed by atoms with Gasteiger partial charge in [-0.3, -0.25) is 4.79 Å². The Morgan fingerprint density at radius 3 is 2.35 bits per heavy atom. The predicted molar refractivity (Wildman–Crippen MR) is 113 cm³/mol. The maximum absolute atomic E-state index is 14.8. The van der Waals surface area contributed by atoms with E-state index in [9.17, 15) is 26.4 Å². The number of sulfonamides is 1. The Kier molecular flexibility index (Phi) is 6.48. The Balaban J connectivity index is 1.98. The summed E-state index contributed by atoms with van der Waals surface area (Å²) in [4.78, 5) is 13.7. The molecule has 1 fully saturated rings. The molecule has 0 aromatic heterocycles. The van der Waals surface area contributed by atoms with Gasteiger partial charge in [0.25, 0.3) is 5.92 Å². The fourth-order valence-electron chi connectivity index (χ4n) is 3.89. The molecule has 0 radical (unpaired) electrons. The van der Waals surface area contributed by atoms with E-state index in [-0.39, 0.29) is 6.42 Å². The van der Waals surface area contributed by atoms with Crippen LogP contribution in [0.2, 0.25) is 0 Å². The van der Waals surface area contributed by atoms with Gasteiger partial charge in [-0.1, -0.05) is 50.2 Å². The van der Waals surface area contributed by atoms with Crippen molar-refractivity contribution in [1.82, 2.24) is 9.62 Å². The molecular formula is C22H25F3N2O3S. The SMILES string of the molecule is CC(C)C(=O)N1CC(F)(F)[C@H](NS(C)(=O)=O)[C@@H]1Cc1cccc(-c2cccc(F)c2)c1. The van der Waals surface area contributed by atoms with Crippen LogP contribution < -0.4 is 4.72 Å². The fourth-order valence-corrected chi connectivity index (χ4v) is 4.68. The molecule has 31 heavy (non-hydrogen) atoms. The minimum atomic E-state index is -3.94. The zero-order valence-corrected chi connectivity index (χ0v) is 18.3. The Morgan fingerprint density at radius 1 is 1.16 bits per heavy atom. The standard InChI is InChI=1S/C22H25F3N2O3S/c1-14(2)21(28)27-13-22(24,25)20(26-31(3,29)30)19(27)11-15-6-4-7-16(10-15)17-8-5-9-18(23)12-17/h4-10,12,14,19-20,26H,11,13H2,1-3H3/t19-,20+/m0/s1. The molecule has 1 saturated heterocycles. The topological polar surface area (TPSA) is 66.5 Å². The molecule has 1 N–H and O–H groups in total. The van der Waals surface area contributed by atoms with Crippen molar-refractivity contribution in [1.29, 1.82) is 0 Å². The molecule has 2 atom stereocenters. The zero-order valence-electron chi connectivity index (χ0n) is 17.5. The molecule has 0 aliphatic carbocycles. The van der Waals surface area contributed by atoms with Crippen molar-refractivity contribution in [3.05, 3.63) is 59.9 Å². The molecule has 1 heterocycles. The van der Waals surface area contributed by atoms with Crippen molar-refractivity contribution in [3.63, 3.8) is 0 Å². The van der Waals surface area contributed by atoms with Gasteiger partial charge in [0.1, 0.15) is 11.9 Å². The molecule has 2 aromatic carbocycles. The van der Waals surface area contributed by atoms with Gasteiger partial charge in [-0.05, 0) is 35.2 Å². The van der Waals surface area contributed by atoms with E-state index >= 15 is 0 Å². The lowest BCUT2D eigenvalue weighted by atomic mass is 9.96. The molecule has 0 bridgehead atoms. The van der Waals surface area contributed by atoms with Crippen LogP contribution in [0, 0.1) is 11.7 Å². The van der Waals surface area contributed by atoms with E-state index in [1.807, 2.05) is 4.72 Å². The molecule has 1 amide bonds. The maximum atomic E-state index is 14.8. The average molecular weight is 455 g/mol. The highest BCUT2D eigenvalue weighted by atomic mass is 32.2. The number of hydrogen-bond donors (Lipinski definition) is 1. The summed E-state index contributed by atoms with van der Waals surface area (Å²) in [5, 5.41) is 0. The molecule has 5 nitrogen and oxygen atoms in total. The number of rotatable bonds is 6. The van der Waals surface area contributed by atoms with Crippen LogP contribution in [0.3, 0.4) is 0 Å². The summed E-state index contributed by atoms with van der Waals surface area (Å²) in [7, 11) is -3.94. The lowest BCUT2D eigenvalue weighted by Crippen LogP contribution is -2.52. The molecule has 3 rings (SSSR count). The van der Waals surface area contributed by atoms with Gasteiger partial charge in [-0.25, -0.2) is 26.3 Å². The Bertz CT molecular complexity index is 1070. The largest absolute Gasteiger partial charge is 0.331 e. The first-order valence-corrected chi connectivity index (χ1v) is 11.8. The highest BCUT2D eigenvalue weighted by Crippen LogP contribution is 2.36. The van der Waals surface area contributed by atoms with Crippen LogP contribution in [-0.4, -0.2) is 50.0 Å². The van der Waals surface area contributed by atoms with Gasteiger partial charge in [-0.2, -0.15) is 0 Å². The van der Waals surface area contributed by atoms with Crippen LogP contribution in [0.15, 0.2) is 48.5 Å². The van der Waals surface area contributed by atoms with E-state index in [0.717, 1.165) is 11.2 Å². The number of benzene rings is 2. The van der Waals surface area contributed by atoms with Crippen LogP contribution in [0.5, 0.6) is 0 Å². The Hall–Kier alpha value is -2.39. The van der Waals surface area contributed by atoms with Gasteiger partial charge in [0.05, 0.1) is 18.8 Å². The van der Waals surface area contributed by atoms with Crippen LogP contribution in [-0.2, 0) is 21.2 Å². The molecule has 1 aliphatic heterocycles. The van der Waals surface area contributed by atoms with E-state index in [1.54, 1.807) is 50.2 Å². The lowest BCUT2D eigenvalue weighted by molar-refractivity contribution is -0.136. The summed E-state index contributed by atoms with van der Waals surface area (Å²) in [6, 6.07) is 10.1. The summed E-state index contributed by atoms with van der Waals surface area (Å²) in [5.74, 6) is -4.81. The average Bonchev–Trinajstić information content (AvgIpc) is 2.90. The minimum absolute atomic E-state index is 0.0182. The third-order valence-electron chi connectivity index (χ3n) is 5.27. The van der Waals surface area contributed by atoms with Crippen molar-refractivity contribution in [3.8, 4) is 11.1 Å². The number of likely N-dealkylation sites (tertiary alicyclic amines) is 1. The summed E-state index contributed by atoms with van der Waals surface area (Å²) in [6.07, 6.45) is 0.835. The molecular weight excluding hydrogens is 429 g/mol. The van der Waals surface area contributed by atoms with Crippen LogP contribution >= 0.6 is 0 Å². The Labute approximate surface area is 180 Å². The molecule has 168 valence electrons. The smallest absolute Gasteiger partial charge is 0.283 e. The first-order chi connectivity index (χ1) is 14.4. The third-order valence-corrected chi connectivity index (χ3v) is 5.95. The second-order valence-corrected chi connectivity index (χ2v) is 10.0. The first-order valence-electron chi connectivity index (χ1n) is 9.88. The summed E-state index contributed by atoms with van der Waals surface area (Å²) in [6.45, 7) is 2.37. The number of alkyl halides is 2. The number of nitrogens with one attached hydrogen (secondary N) is 1. The highest BCUT2D eigenvalue weighted by Gasteiger charge is 2.56. The molecule has 0 saturated carbocycles. The number of halogens is 3. The van der Waals surface area contributed by atoms with Gasteiger partial charge >= 0.3 is 0 Å². The van der Waals surface area contributed by atoms with E-state index in [2.05, 4.69) is 0 Å². The van der Waals surface area contributed by atoms with Gasteiger partial charge in [0.15, 0.2) is 0 Å². The normalized spacial score (nSPS) is 20.9. The van der Waals surface area contributed by atoms with Crippen LogP contribution in [0.4, 0.5) is 13.2 Å². The monoisotopic (exact) mass is 454 g/mol. The van der Waals surface area contributed by atoms with Crippen molar-refractivity contribution in [2.75, 3.05) is 12.8 Å². The number of carbonyl (C=O) groups excluding carboxylic acids is 1. The van der Waals surface area contributed by atoms with Crippen molar-refractivity contribution in [2.24, 2.45) is 5.92 Å². The number of amides is 1.